The Labute approximate surface area is 152 Å². The van der Waals surface area contributed by atoms with E-state index in [-0.39, 0.29) is 30.3 Å². The van der Waals surface area contributed by atoms with Crippen LogP contribution in [0, 0.1) is 11.6 Å². The fraction of sp³-hybridized carbons (Fsp3) is 0.105. The molecule has 0 unspecified atom stereocenters. The summed E-state index contributed by atoms with van der Waals surface area (Å²) < 4.78 is 33.6. The predicted octanol–water partition coefficient (Wildman–Crippen LogP) is 3.29. The first-order chi connectivity index (χ1) is 13.1. The van der Waals surface area contributed by atoms with Crippen LogP contribution in [0.2, 0.25) is 0 Å². The number of nitrogens with one attached hydrogen (secondary N) is 1. The zero-order valence-corrected chi connectivity index (χ0v) is 14.0. The van der Waals surface area contributed by atoms with Gasteiger partial charge in [-0.15, -0.1) is 0 Å². The van der Waals surface area contributed by atoms with Gasteiger partial charge in [0, 0.05) is 12.1 Å². The summed E-state index contributed by atoms with van der Waals surface area (Å²) in [6.45, 7) is 0.232. The molecular formula is C19H14F2N4O2. The maximum atomic E-state index is 13.8. The molecule has 0 aliphatic carbocycles. The summed E-state index contributed by atoms with van der Waals surface area (Å²) in [6, 6.07) is 12.2. The van der Waals surface area contributed by atoms with Crippen LogP contribution in [0.1, 0.15) is 5.69 Å². The molecule has 2 heterocycles. The van der Waals surface area contributed by atoms with Crippen LogP contribution in [0.3, 0.4) is 0 Å². The average molecular weight is 368 g/mol. The van der Waals surface area contributed by atoms with Gasteiger partial charge in [-0.05, 0) is 24.3 Å². The van der Waals surface area contributed by atoms with E-state index in [1.807, 2.05) is 24.3 Å². The molecule has 136 valence electrons. The molecule has 0 aliphatic rings. The zero-order chi connectivity index (χ0) is 18.8. The standard InChI is InChI=1S/C19H14F2N4O2/c20-12-5-6-14(15(21)7-12)18-8-13(24-27-18)9-22-19(26)10-25-11-23-16-3-1-2-4-17(16)25/h1-8,11H,9-10H2,(H,22,26). The minimum Gasteiger partial charge on any atom is -0.356 e. The molecule has 1 N–H and O–H groups in total. The van der Waals surface area contributed by atoms with Gasteiger partial charge in [-0.2, -0.15) is 0 Å². The number of amides is 1. The fourth-order valence-electron chi connectivity index (χ4n) is 2.75. The lowest BCUT2D eigenvalue weighted by molar-refractivity contribution is -0.121. The number of carbonyl (C=O) groups is 1. The summed E-state index contributed by atoms with van der Waals surface area (Å²) in [7, 11) is 0. The third kappa shape index (κ3) is 3.55. The van der Waals surface area contributed by atoms with Crippen LogP contribution in [0.25, 0.3) is 22.4 Å². The van der Waals surface area contributed by atoms with Gasteiger partial charge >= 0.3 is 0 Å². The van der Waals surface area contributed by atoms with Gasteiger partial charge in [0.05, 0.1) is 29.5 Å². The number of hydrogen-bond donors (Lipinski definition) is 1. The first kappa shape index (κ1) is 16.9. The van der Waals surface area contributed by atoms with E-state index >= 15 is 0 Å². The van der Waals surface area contributed by atoms with E-state index in [1.54, 1.807) is 10.9 Å². The molecule has 1 amide bonds. The van der Waals surface area contributed by atoms with Gasteiger partial charge in [0.25, 0.3) is 0 Å². The van der Waals surface area contributed by atoms with Crippen molar-refractivity contribution in [1.82, 2.24) is 20.0 Å². The average Bonchev–Trinajstić information content (AvgIpc) is 3.28. The van der Waals surface area contributed by atoms with Gasteiger partial charge in [-0.3, -0.25) is 4.79 Å². The topological polar surface area (TPSA) is 73.0 Å². The number of benzene rings is 2. The highest BCUT2D eigenvalue weighted by molar-refractivity contribution is 5.80. The predicted molar refractivity (Wildman–Crippen MR) is 93.4 cm³/mol. The molecule has 0 bridgehead atoms. The van der Waals surface area contributed by atoms with Crippen molar-refractivity contribution in [2.24, 2.45) is 0 Å². The monoisotopic (exact) mass is 368 g/mol. The SMILES string of the molecule is O=C(Cn1cnc2ccccc21)NCc1cc(-c2ccc(F)cc2F)on1. The summed E-state index contributed by atoms with van der Waals surface area (Å²) in [6.07, 6.45) is 1.61. The van der Waals surface area contributed by atoms with Gasteiger partial charge in [-0.1, -0.05) is 17.3 Å². The molecule has 0 radical (unpaired) electrons. The number of aromatic nitrogens is 3. The number of rotatable bonds is 5. The molecule has 0 fully saturated rings. The lowest BCUT2D eigenvalue weighted by Crippen LogP contribution is -2.26. The van der Waals surface area contributed by atoms with Crippen molar-refractivity contribution in [3.63, 3.8) is 0 Å². The molecule has 0 spiro atoms. The van der Waals surface area contributed by atoms with E-state index in [0.29, 0.717) is 5.69 Å². The zero-order valence-electron chi connectivity index (χ0n) is 14.0. The first-order valence-corrected chi connectivity index (χ1v) is 8.18. The minimum atomic E-state index is -0.742. The van der Waals surface area contributed by atoms with Crippen LogP contribution in [0.5, 0.6) is 0 Å². The second kappa shape index (κ2) is 6.99. The summed E-state index contributed by atoms with van der Waals surface area (Å²) >= 11 is 0. The third-order valence-electron chi connectivity index (χ3n) is 4.06. The van der Waals surface area contributed by atoms with Gasteiger partial charge in [0.1, 0.15) is 23.9 Å². The Morgan fingerprint density at radius 3 is 2.85 bits per heavy atom. The lowest BCUT2D eigenvalue weighted by atomic mass is 10.1. The Kier molecular flexibility index (Phi) is 4.37. The maximum Gasteiger partial charge on any atom is 0.240 e. The highest BCUT2D eigenvalue weighted by Crippen LogP contribution is 2.24. The largest absolute Gasteiger partial charge is 0.356 e. The molecule has 6 nitrogen and oxygen atoms in total. The van der Waals surface area contributed by atoms with Crippen molar-refractivity contribution >= 4 is 16.9 Å². The molecule has 8 heteroatoms. The van der Waals surface area contributed by atoms with E-state index in [2.05, 4.69) is 15.5 Å². The summed E-state index contributed by atoms with van der Waals surface area (Å²) in [5.41, 5.74) is 2.21. The van der Waals surface area contributed by atoms with E-state index in [4.69, 9.17) is 4.52 Å². The van der Waals surface area contributed by atoms with Crippen LogP contribution in [-0.4, -0.2) is 20.6 Å². The second-order valence-electron chi connectivity index (χ2n) is 5.94. The van der Waals surface area contributed by atoms with Crippen molar-refractivity contribution in [2.45, 2.75) is 13.1 Å². The quantitative estimate of drug-likeness (QED) is 0.587. The number of halogens is 2. The Morgan fingerprint density at radius 2 is 2.00 bits per heavy atom. The Morgan fingerprint density at radius 1 is 1.15 bits per heavy atom. The number of fused-ring (bicyclic) bond motifs is 1. The van der Waals surface area contributed by atoms with E-state index < -0.39 is 11.6 Å². The van der Waals surface area contributed by atoms with E-state index in [9.17, 15) is 13.6 Å². The summed E-state index contributed by atoms with van der Waals surface area (Å²) in [4.78, 5) is 16.4. The molecule has 27 heavy (non-hydrogen) atoms. The van der Waals surface area contributed by atoms with Crippen molar-refractivity contribution in [3.8, 4) is 11.3 Å². The van der Waals surface area contributed by atoms with Crippen LogP contribution in [0.4, 0.5) is 8.78 Å². The molecule has 0 saturated carbocycles. The third-order valence-corrected chi connectivity index (χ3v) is 4.06. The molecule has 4 rings (SSSR count). The molecule has 4 aromatic rings. The molecule has 2 aromatic heterocycles. The van der Waals surface area contributed by atoms with Crippen molar-refractivity contribution in [2.75, 3.05) is 0 Å². The maximum absolute atomic E-state index is 13.8. The first-order valence-electron chi connectivity index (χ1n) is 8.18. The number of hydrogen-bond acceptors (Lipinski definition) is 4. The smallest absolute Gasteiger partial charge is 0.240 e. The van der Waals surface area contributed by atoms with Crippen molar-refractivity contribution in [3.05, 3.63) is 72.2 Å². The second-order valence-corrected chi connectivity index (χ2v) is 5.94. The Balaban J connectivity index is 1.40. The van der Waals surface area contributed by atoms with Crippen LogP contribution in [-0.2, 0) is 17.9 Å². The van der Waals surface area contributed by atoms with Crippen molar-refractivity contribution in [1.29, 1.82) is 0 Å². The van der Waals surface area contributed by atoms with Gasteiger partial charge in [-0.25, -0.2) is 13.8 Å². The number of carbonyl (C=O) groups excluding carboxylic acids is 1. The summed E-state index contributed by atoms with van der Waals surface area (Å²) in [5.74, 6) is -1.47. The van der Waals surface area contributed by atoms with Gasteiger partial charge in [0.2, 0.25) is 5.91 Å². The highest BCUT2D eigenvalue weighted by atomic mass is 19.1. The normalized spacial score (nSPS) is 11.0. The van der Waals surface area contributed by atoms with Crippen LogP contribution >= 0.6 is 0 Å². The molecule has 0 saturated heterocycles. The minimum absolute atomic E-state index is 0.103. The fourth-order valence-corrected chi connectivity index (χ4v) is 2.75. The molecule has 0 aliphatic heterocycles. The Hall–Kier alpha value is -3.55. The Bertz CT molecular complexity index is 1120. The summed E-state index contributed by atoms with van der Waals surface area (Å²) in [5, 5.41) is 6.53. The lowest BCUT2D eigenvalue weighted by Gasteiger charge is -2.05. The number of imidazole rings is 1. The van der Waals surface area contributed by atoms with Gasteiger partial charge < -0.3 is 14.4 Å². The van der Waals surface area contributed by atoms with Crippen LogP contribution < -0.4 is 5.32 Å². The number of para-hydroxylation sites is 2. The molecular weight excluding hydrogens is 354 g/mol. The number of nitrogens with zero attached hydrogens (tertiary/aromatic N) is 3. The van der Waals surface area contributed by atoms with E-state index in [0.717, 1.165) is 23.2 Å². The van der Waals surface area contributed by atoms with E-state index in [1.165, 1.54) is 12.1 Å². The van der Waals surface area contributed by atoms with Gasteiger partial charge in [0.15, 0.2) is 5.76 Å². The molecule has 0 atom stereocenters. The molecule has 2 aromatic carbocycles. The van der Waals surface area contributed by atoms with Crippen LogP contribution in [0.15, 0.2) is 59.4 Å². The van der Waals surface area contributed by atoms with Crippen molar-refractivity contribution < 1.29 is 18.1 Å². The highest BCUT2D eigenvalue weighted by Gasteiger charge is 2.13.